The summed E-state index contributed by atoms with van der Waals surface area (Å²) in [5.74, 6) is 0. The van der Waals surface area contributed by atoms with Gasteiger partial charge in [0.15, 0.2) is 0 Å². The molecule has 0 saturated heterocycles. The van der Waals surface area contributed by atoms with E-state index >= 15 is 0 Å². The van der Waals surface area contributed by atoms with Crippen LogP contribution in [0.4, 0.5) is 0 Å². The molecule has 7 heteroatoms. The van der Waals surface area contributed by atoms with Crippen molar-refractivity contribution in [2.75, 3.05) is 0 Å². The summed E-state index contributed by atoms with van der Waals surface area (Å²) in [5, 5.41) is 0. The Kier molecular flexibility index (Phi) is 8.46. The second-order valence-corrected chi connectivity index (χ2v) is 12.6. The average Bonchev–Trinajstić information content (AvgIpc) is 2.63. The third-order valence-electron chi connectivity index (χ3n) is 6.03. The van der Waals surface area contributed by atoms with E-state index in [1.807, 2.05) is 0 Å². The summed E-state index contributed by atoms with van der Waals surface area (Å²) in [6.07, 6.45) is 12.0. The summed E-state index contributed by atoms with van der Waals surface area (Å²) in [7, 11) is -6.80. The zero-order chi connectivity index (χ0) is 17.9. The molecule has 0 radical (unpaired) electrons. The second-order valence-electron chi connectivity index (χ2n) is 7.69. The maximum absolute atomic E-state index is 14.2. The molecule has 140 valence electrons. The number of benzene rings is 1. The van der Waals surface area contributed by atoms with E-state index in [4.69, 9.17) is 0 Å². The third kappa shape index (κ3) is 5.46. The predicted octanol–water partition coefficient (Wildman–Crippen LogP) is 2.12. The third-order valence-corrected chi connectivity index (χ3v) is 11.2. The first-order valence-electron chi connectivity index (χ1n) is 9.53. The number of rotatable bonds is 5. The van der Waals surface area contributed by atoms with Crippen LogP contribution < -0.4 is 29.6 Å². The molecule has 2 fully saturated rings. The van der Waals surface area contributed by atoms with E-state index in [9.17, 15) is 17.5 Å². The van der Waals surface area contributed by atoms with E-state index in [2.05, 4.69) is 0 Å². The van der Waals surface area contributed by atoms with Crippen molar-refractivity contribution in [3.05, 3.63) is 29.8 Å². The van der Waals surface area contributed by atoms with E-state index in [0.29, 0.717) is 17.5 Å². The van der Waals surface area contributed by atoms with Gasteiger partial charge in [-0.1, -0.05) is 50.7 Å². The van der Waals surface area contributed by atoms with Crippen LogP contribution in [0.2, 0.25) is 0 Å². The van der Waals surface area contributed by atoms with Crippen molar-refractivity contribution in [2.45, 2.75) is 86.6 Å². The Bertz CT molecular complexity index is 698. The molecule has 1 aromatic rings. The monoisotopic (exact) mass is 406 g/mol. The summed E-state index contributed by atoms with van der Waals surface area (Å²) >= 11 is 0. The first kappa shape index (κ1) is 22.6. The molecule has 1 aromatic carbocycles. The van der Waals surface area contributed by atoms with Crippen molar-refractivity contribution >= 4 is 17.3 Å². The Hall–Kier alpha value is 0.360. The van der Waals surface area contributed by atoms with Crippen molar-refractivity contribution < 1.29 is 47.1 Å². The molecule has 0 aromatic heterocycles. The van der Waals surface area contributed by atoms with E-state index < -0.39 is 17.3 Å². The molecule has 2 aliphatic rings. The summed E-state index contributed by atoms with van der Waals surface area (Å²) in [4.78, 5) is -0.207. The van der Waals surface area contributed by atoms with E-state index in [0.717, 1.165) is 31.2 Å². The Morgan fingerprint density at radius 1 is 0.846 bits per heavy atom. The minimum atomic E-state index is -4.42. The first-order chi connectivity index (χ1) is 11.9. The van der Waals surface area contributed by atoms with Crippen LogP contribution in [0.3, 0.4) is 0 Å². The fourth-order valence-corrected chi connectivity index (χ4v) is 9.48. The van der Waals surface area contributed by atoms with E-state index in [1.165, 1.54) is 50.7 Å². The average molecular weight is 406 g/mol. The van der Waals surface area contributed by atoms with E-state index in [-0.39, 0.29) is 34.5 Å². The molecule has 26 heavy (non-hydrogen) atoms. The largest absolute Gasteiger partial charge is 1.00 e. The van der Waals surface area contributed by atoms with Crippen molar-refractivity contribution in [2.24, 2.45) is 0 Å². The molecule has 0 N–H and O–H groups in total. The van der Waals surface area contributed by atoms with Crippen LogP contribution in [-0.2, 0) is 20.8 Å². The summed E-state index contributed by atoms with van der Waals surface area (Å²) in [6, 6.07) is 6.10. The predicted molar refractivity (Wildman–Crippen MR) is 99.5 cm³/mol. The maximum Gasteiger partial charge on any atom is 1.00 e. The Labute approximate surface area is 179 Å². The summed E-state index contributed by atoms with van der Waals surface area (Å²) in [5.41, 5.74) is 1.56. The van der Waals surface area contributed by atoms with Crippen molar-refractivity contribution in [3.8, 4) is 0 Å². The van der Waals surface area contributed by atoms with Crippen LogP contribution in [0.1, 0.15) is 69.8 Å². The molecule has 0 bridgehead atoms. The zero-order valence-electron chi connectivity index (χ0n) is 15.7. The summed E-state index contributed by atoms with van der Waals surface area (Å²) in [6.45, 7) is 0. The van der Waals surface area contributed by atoms with Crippen molar-refractivity contribution in [3.63, 3.8) is 0 Å². The molecule has 0 aliphatic heterocycles. The molecule has 2 saturated carbocycles. The molecule has 0 amide bonds. The van der Waals surface area contributed by atoms with Gasteiger partial charge in [-0.05, 0) is 43.4 Å². The van der Waals surface area contributed by atoms with Crippen molar-refractivity contribution in [1.29, 1.82) is 0 Å². The van der Waals surface area contributed by atoms with Gasteiger partial charge in [0.2, 0.25) is 0 Å². The van der Waals surface area contributed by atoms with E-state index in [1.54, 1.807) is 12.1 Å². The molecule has 4 nitrogen and oxygen atoms in total. The van der Waals surface area contributed by atoms with Crippen LogP contribution in [0.15, 0.2) is 29.2 Å². The van der Waals surface area contributed by atoms with Crippen LogP contribution in [0.25, 0.3) is 0 Å². The second kappa shape index (κ2) is 9.71. The van der Waals surface area contributed by atoms with Gasteiger partial charge >= 0.3 is 29.6 Å². The van der Waals surface area contributed by atoms with Gasteiger partial charge in [-0.2, -0.15) is 0 Å². The van der Waals surface area contributed by atoms with Gasteiger partial charge in [0.25, 0.3) is 0 Å². The molecule has 2 aliphatic carbocycles. The van der Waals surface area contributed by atoms with Gasteiger partial charge in [-0.3, -0.25) is 0 Å². The smallest absolute Gasteiger partial charge is 0.744 e. The van der Waals surface area contributed by atoms with Gasteiger partial charge < -0.3 is 9.12 Å². The molecule has 0 unspecified atom stereocenters. The molecule has 0 atom stereocenters. The fraction of sp³-hybridized carbons (Fsp3) is 0.684. The molecule has 0 spiro atoms. The molecular weight excluding hydrogens is 378 g/mol. The Morgan fingerprint density at radius 3 is 1.65 bits per heavy atom. The minimum Gasteiger partial charge on any atom is -0.744 e. The summed E-state index contributed by atoms with van der Waals surface area (Å²) < 4.78 is 47.5. The molecule has 0 heterocycles. The Morgan fingerprint density at radius 2 is 1.27 bits per heavy atom. The molecular formula is C19H28NaO4PS. The van der Waals surface area contributed by atoms with Crippen LogP contribution in [-0.4, -0.2) is 24.3 Å². The normalized spacial score (nSPS) is 20.5. The number of hydrogen-bond donors (Lipinski definition) is 0. The minimum absolute atomic E-state index is 0. The fourth-order valence-electron chi connectivity index (χ4n) is 4.64. The molecule has 3 rings (SSSR count). The number of hydrogen-bond acceptors (Lipinski definition) is 4. The first-order valence-corrected chi connectivity index (χ1v) is 13.0. The van der Waals surface area contributed by atoms with Gasteiger partial charge in [0.1, 0.15) is 10.1 Å². The van der Waals surface area contributed by atoms with Crippen LogP contribution in [0, 0.1) is 0 Å². The Balaban J connectivity index is 0.00000243. The standard InChI is InChI=1S/C19H29O4PS.Na/c20-24(17-7-3-1-4-8-17,18-9-5-2-6-10-18)15-16-11-13-19(14-12-16)25(21,22)23;/h11-14,17-18H,1-10,15H2,(H,21,22,23);/q;+1/p-1. The van der Waals surface area contributed by atoms with Crippen molar-refractivity contribution in [1.82, 2.24) is 0 Å². The van der Waals surface area contributed by atoms with Gasteiger partial charge in [-0.25, -0.2) is 8.42 Å². The quantitative estimate of drug-likeness (QED) is 0.427. The van der Waals surface area contributed by atoms with Crippen LogP contribution >= 0.6 is 7.14 Å². The van der Waals surface area contributed by atoms with Gasteiger partial charge in [0.05, 0.1) is 12.0 Å². The topological polar surface area (TPSA) is 74.3 Å². The van der Waals surface area contributed by atoms with Gasteiger partial charge in [-0.15, -0.1) is 0 Å². The van der Waals surface area contributed by atoms with Gasteiger partial charge in [0, 0.05) is 17.5 Å². The SMILES string of the molecule is O=P(Cc1ccc(S(=O)(=O)[O-])cc1)(C1CCCCC1)C1CCCCC1.[Na+]. The zero-order valence-corrected chi connectivity index (χ0v) is 19.4. The maximum atomic E-state index is 14.2. The van der Waals surface area contributed by atoms with Crippen LogP contribution in [0.5, 0.6) is 0 Å².